The van der Waals surface area contributed by atoms with Crippen LogP contribution in [0.5, 0.6) is 0 Å². The molecule has 138 valence electrons. The fraction of sp³-hybridized carbons (Fsp3) is 0.200. The van der Waals surface area contributed by atoms with Gasteiger partial charge in [0, 0.05) is 11.7 Å². The van der Waals surface area contributed by atoms with Crippen molar-refractivity contribution in [2.45, 2.75) is 18.6 Å². The van der Waals surface area contributed by atoms with E-state index in [1.165, 1.54) is 0 Å². The average Bonchev–Trinajstić information content (AvgIpc) is 3.13. The third-order valence-corrected chi connectivity index (χ3v) is 4.69. The van der Waals surface area contributed by atoms with E-state index in [2.05, 4.69) is 20.6 Å². The maximum absolute atomic E-state index is 9.84. The molecule has 1 unspecified atom stereocenters. The zero-order chi connectivity index (χ0) is 18.6. The molecule has 2 heterocycles. The van der Waals surface area contributed by atoms with Gasteiger partial charge in [0.15, 0.2) is 11.1 Å². The van der Waals surface area contributed by atoms with Crippen LogP contribution >= 0.6 is 11.6 Å². The number of nitrogens with zero attached hydrogens (tertiary/aromatic N) is 3. The summed E-state index contributed by atoms with van der Waals surface area (Å²) in [6.45, 7) is -0.00341. The molecule has 3 N–H and O–H groups in total. The van der Waals surface area contributed by atoms with E-state index < -0.39 is 0 Å². The van der Waals surface area contributed by atoms with Crippen LogP contribution in [0.4, 0.5) is 5.82 Å². The molecule has 1 aliphatic heterocycles. The smallest absolute Gasteiger partial charge is 0.199 e. The fourth-order valence-corrected chi connectivity index (χ4v) is 3.38. The second-order valence-electron chi connectivity index (χ2n) is 6.37. The Balaban J connectivity index is 1.59. The second kappa shape index (κ2) is 7.92. The molecule has 0 saturated heterocycles. The number of imidazole rings is 1. The molecule has 7 heteroatoms. The Morgan fingerprint density at radius 1 is 1.11 bits per heavy atom. The summed E-state index contributed by atoms with van der Waals surface area (Å²) in [4.78, 5) is 8.95. The van der Waals surface area contributed by atoms with Crippen molar-refractivity contribution >= 4 is 22.7 Å². The lowest BCUT2D eigenvalue weighted by Gasteiger charge is -2.27. The largest absolute Gasteiger partial charge is 0.395 e. The number of benzene rings is 2. The summed E-state index contributed by atoms with van der Waals surface area (Å²) in [6, 6.07) is 19.8. The van der Waals surface area contributed by atoms with Crippen LogP contribution in [0, 0.1) is 0 Å². The van der Waals surface area contributed by atoms with Gasteiger partial charge in [0.2, 0.25) is 0 Å². The summed E-state index contributed by atoms with van der Waals surface area (Å²) in [5, 5.41) is 16.6. The summed E-state index contributed by atoms with van der Waals surface area (Å²) in [7, 11) is 0. The van der Waals surface area contributed by atoms with Gasteiger partial charge in [0.1, 0.15) is 18.2 Å². The monoisotopic (exact) mass is 381 g/mol. The van der Waals surface area contributed by atoms with E-state index in [1.807, 2.05) is 65.2 Å². The fourth-order valence-electron chi connectivity index (χ4n) is 3.19. The molecule has 0 bridgehead atoms. The molecule has 0 radical (unpaired) electrons. The minimum Gasteiger partial charge on any atom is -0.395 e. The molecule has 2 aromatic carbocycles. The minimum atomic E-state index is -0.337. The number of aliphatic hydroxyl groups excluding tert-OH is 1. The molecule has 2 atom stereocenters. The van der Waals surface area contributed by atoms with Gasteiger partial charge in [-0.3, -0.25) is 9.88 Å². The van der Waals surface area contributed by atoms with Crippen molar-refractivity contribution in [2.75, 3.05) is 6.61 Å². The first-order chi connectivity index (χ1) is 13.2. The van der Waals surface area contributed by atoms with E-state index in [4.69, 9.17) is 11.6 Å². The Labute approximate surface area is 162 Å². The average molecular weight is 382 g/mol. The number of aliphatic imine (C=N–C) groups is 1. The van der Waals surface area contributed by atoms with Crippen molar-refractivity contribution < 1.29 is 5.11 Å². The molecule has 1 aromatic heterocycles. The number of para-hydroxylation sites is 1. The predicted molar refractivity (Wildman–Crippen MR) is 107 cm³/mol. The highest BCUT2D eigenvalue weighted by atomic mass is 35.5. The van der Waals surface area contributed by atoms with E-state index >= 15 is 0 Å². The Kier molecular flexibility index (Phi) is 5.20. The first-order valence-corrected chi connectivity index (χ1v) is 9.16. The van der Waals surface area contributed by atoms with Crippen molar-refractivity contribution in [3.05, 3.63) is 78.2 Å². The van der Waals surface area contributed by atoms with Crippen LogP contribution in [0.25, 0.3) is 5.69 Å². The Morgan fingerprint density at radius 3 is 2.52 bits per heavy atom. The number of fused-ring (bicyclic) bond motifs is 1. The van der Waals surface area contributed by atoms with Gasteiger partial charge in [-0.05, 0) is 35.7 Å². The lowest BCUT2D eigenvalue weighted by atomic mass is 10.1. The van der Waals surface area contributed by atoms with Gasteiger partial charge in [0.05, 0.1) is 6.61 Å². The van der Waals surface area contributed by atoms with Crippen LogP contribution in [0.1, 0.15) is 17.4 Å². The summed E-state index contributed by atoms with van der Waals surface area (Å²) in [6.07, 6.45) is 2.09. The first-order valence-electron chi connectivity index (χ1n) is 8.79. The lowest BCUT2D eigenvalue weighted by Crippen LogP contribution is -2.45. The number of hydrogen-bond donors (Lipinski definition) is 3. The van der Waals surface area contributed by atoms with E-state index in [1.54, 1.807) is 6.33 Å². The molecule has 0 spiro atoms. The van der Waals surface area contributed by atoms with Gasteiger partial charge in [-0.15, -0.1) is 0 Å². The summed E-state index contributed by atoms with van der Waals surface area (Å²) >= 11 is 6.24. The molecule has 27 heavy (non-hydrogen) atoms. The summed E-state index contributed by atoms with van der Waals surface area (Å²) in [5.74, 6) is 0.679. The van der Waals surface area contributed by atoms with Gasteiger partial charge in [0.25, 0.3) is 0 Å². The molecule has 0 aliphatic carbocycles. The standard InChI is InChI=1S/C20H20ClN5O/c21-20-24-18(23-15(12-27)11-14-7-3-1-4-8-14)17-19(25-20)26(13-22-17)16-9-5-2-6-10-16/h1-10,13,15,18,23,27H,11-12H2,(H,24,25)/t15-,18?/m0/s1. The summed E-state index contributed by atoms with van der Waals surface area (Å²) < 4.78 is 1.90. The zero-order valence-electron chi connectivity index (χ0n) is 14.6. The molecule has 3 aromatic rings. The number of halogens is 1. The van der Waals surface area contributed by atoms with Crippen molar-refractivity contribution in [2.24, 2.45) is 4.99 Å². The van der Waals surface area contributed by atoms with Gasteiger partial charge < -0.3 is 10.4 Å². The van der Waals surface area contributed by atoms with Crippen LogP contribution in [0.3, 0.4) is 0 Å². The summed E-state index contributed by atoms with van der Waals surface area (Å²) in [5.41, 5.74) is 2.85. The third kappa shape index (κ3) is 3.88. The molecule has 0 saturated carbocycles. The maximum Gasteiger partial charge on any atom is 0.199 e. The Bertz CT molecular complexity index is 926. The third-order valence-electron chi connectivity index (χ3n) is 4.49. The number of aromatic nitrogens is 2. The quantitative estimate of drug-likeness (QED) is 0.574. The molecular weight excluding hydrogens is 362 g/mol. The van der Waals surface area contributed by atoms with E-state index in [0.29, 0.717) is 12.2 Å². The van der Waals surface area contributed by atoms with Crippen LogP contribution in [0.15, 0.2) is 72.0 Å². The number of amidine groups is 1. The SMILES string of the molecule is OC[C@H](Cc1ccccc1)NC1NC(Cl)=Nc2c1ncn2-c1ccccc1. The van der Waals surface area contributed by atoms with E-state index in [0.717, 1.165) is 16.9 Å². The van der Waals surface area contributed by atoms with Crippen molar-refractivity contribution in [3.8, 4) is 5.69 Å². The van der Waals surface area contributed by atoms with Gasteiger partial charge in [-0.2, -0.15) is 4.99 Å². The normalized spacial score (nSPS) is 17.0. The highest BCUT2D eigenvalue weighted by Crippen LogP contribution is 2.30. The van der Waals surface area contributed by atoms with Gasteiger partial charge in [-0.25, -0.2) is 4.98 Å². The van der Waals surface area contributed by atoms with E-state index in [-0.39, 0.29) is 24.1 Å². The molecule has 0 amide bonds. The predicted octanol–water partition coefficient (Wildman–Crippen LogP) is 2.89. The number of rotatable bonds is 6. The highest BCUT2D eigenvalue weighted by molar-refractivity contribution is 6.65. The van der Waals surface area contributed by atoms with Gasteiger partial charge >= 0.3 is 0 Å². The van der Waals surface area contributed by atoms with Crippen LogP contribution in [-0.2, 0) is 6.42 Å². The van der Waals surface area contributed by atoms with Gasteiger partial charge in [-0.1, -0.05) is 48.5 Å². The topological polar surface area (TPSA) is 74.5 Å². The van der Waals surface area contributed by atoms with Crippen molar-refractivity contribution in [1.82, 2.24) is 20.2 Å². The van der Waals surface area contributed by atoms with Crippen molar-refractivity contribution in [1.29, 1.82) is 0 Å². The maximum atomic E-state index is 9.84. The minimum absolute atomic E-state index is 0.00341. The second-order valence-corrected chi connectivity index (χ2v) is 6.73. The van der Waals surface area contributed by atoms with Crippen LogP contribution in [0.2, 0.25) is 0 Å². The lowest BCUT2D eigenvalue weighted by molar-refractivity contribution is 0.226. The zero-order valence-corrected chi connectivity index (χ0v) is 15.3. The molecular formula is C20H20ClN5O. The number of aliphatic hydroxyl groups is 1. The molecule has 6 nitrogen and oxygen atoms in total. The van der Waals surface area contributed by atoms with E-state index in [9.17, 15) is 5.11 Å². The Hall–Kier alpha value is -2.67. The first kappa shape index (κ1) is 17.7. The highest BCUT2D eigenvalue weighted by Gasteiger charge is 2.28. The molecule has 1 aliphatic rings. The molecule has 0 fully saturated rings. The van der Waals surface area contributed by atoms with Crippen LogP contribution in [-0.4, -0.2) is 32.6 Å². The molecule has 4 rings (SSSR count). The number of nitrogens with one attached hydrogen (secondary N) is 2. The van der Waals surface area contributed by atoms with Crippen LogP contribution < -0.4 is 10.6 Å². The number of hydrogen-bond acceptors (Lipinski definition) is 5. The Morgan fingerprint density at radius 2 is 1.81 bits per heavy atom. The van der Waals surface area contributed by atoms with Crippen molar-refractivity contribution in [3.63, 3.8) is 0 Å².